The van der Waals surface area contributed by atoms with Gasteiger partial charge in [0, 0.05) is 0 Å². The van der Waals surface area contributed by atoms with Gasteiger partial charge in [0.2, 0.25) is 0 Å². The van der Waals surface area contributed by atoms with Crippen molar-refractivity contribution < 1.29 is 15.0 Å². The van der Waals surface area contributed by atoms with Crippen LogP contribution in [0.4, 0.5) is 0 Å². The molecule has 31 heavy (non-hydrogen) atoms. The quantitative estimate of drug-likeness (QED) is 0.395. The van der Waals surface area contributed by atoms with Gasteiger partial charge in [-0.2, -0.15) is 0 Å². The third-order valence-electron chi connectivity index (χ3n) is 7.95. The van der Waals surface area contributed by atoms with Gasteiger partial charge in [-0.25, -0.2) is 0 Å². The molecule has 1 aromatic rings. The lowest BCUT2D eigenvalue weighted by Crippen LogP contribution is -2.50. The Hall–Kier alpha value is -1.35. The molecule has 1 aromatic carbocycles. The van der Waals surface area contributed by atoms with E-state index < -0.39 is 17.5 Å². The molecular weight excluding hydrogens is 384 g/mol. The maximum absolute atomic E-state index is 12.0. The van der Waals surface area contributed by atoms with Gasteiger partial charge in [-0.15, -0.1) is 0 Å². The average molecular weight is 431 g/mol. The van der Waals surface area contributed by atoms with Crippen molar-refractivity contribution in [2.75, 3.05) is 0 Å². The predicted molar refractivity (Wildman–Crippen MR) is 129 cm³/mol. The number of carboxylic acids is 1. The SMILES string of the molecule is CCCC1CCC(C(O)(CCC(CCc2ccc(CC)cc2)C(=O)O)C(C)(C)C)CC1. The van der Waals surface area contributed by atoms with E-state index in [4.69, 9.17) is 0 Å². The minimum absolute atomic E-state index is 0.256. The summed E-state index contributed by atoms with van der Waals surface area (Å²) in [6.45, 7) is 10.8. The van der Waals surface area contributed by atoms with E-state index in [0.717, 1.165) is 31.6 Å². The van der Waals surface area contributed by atoms with Crippen LogP contribution in [0.1, 0.15) is 104 Å². The number of aliphatic hydroxyl groups is 1. The van der Waals surface area contributed by atoms with Gasteiger partial charge in [0.15, 0.2) is 0 Å². The Morgan fingerprint density at radius 3 is 2.06 bits per heavy atom. The maximum Gasteiger partial charge on any atom is 0.306 e. The first-order chi connectivity index (χ1) is 14.6. The number of rotatable bonds is 11. The van der Waals surface area contributed by atoms with Crippen molar-refractivity contribution in [3.63, 3.8) is 0 Å². The van der Waals surface area contributed by atoms with Gasteiger partial charge in [0.25, 0.3) is 0 Å². The smallest absolute Gasteiger partial charge is 0.306 e. The highest BCUT2D eigenvalue weighted by Crippen LogP contribution is 2.48. The highest BCUT2D eigenvalue weighted by Gasteiger charge is 2.47. The third kappa shape index (κ3) is 7.07. The van der Waals surface area contributed by atoms with Crippen LogP contribution in [0.25, 0.3) is 0 Å². The molecule has 1 aliphatic rings. The Morgan fingerprint density at radius 2 is 1.58 bits per heavy atom. The van der Waals surface area contributed by atoms with Crippen molar-refractivity contribution in [1.29, 1.82) is 0 Å². The second kappa shape index (κ2) is 11.5. The van der Waals surface area contributed by atoms with E-state index >= 15 is 0 Å². The minimum atomic E-state index is -0.805. The van der Waals surface area contributed by atoms with Crippen molar-refractivity contribution in [2.45, 2.75) is 111 Å². The second-order valence-corrected chi connectivity index (χ2v) is 11.0. The van der Waals surface area contributed by atoms with Crippen LogP contribution >= 0.6 is 0 Å². The highest BCUT2D eigenvalue weighted by atomic mass is 16.4. The Bertz CT molecular complexity index is 664. The lowest BCUT2D eigenvalue weighted by atomic mass is 9.61. The van der Waals surface area contributed by atoms with Crippen LogP contribution in [0.5, 0.6) is 0 Å². The second-order valence-electron chi connectivity index (χ2n) is 11.0. The van der Waals surface area contributed by atoms with Crippen molar-refractivity contribution in [3.8, 4) is 0 Å². The Kier molecular flexibility index (Phi) is 9.61. The zero-order chi connectivity index (χ0) is 23.1. The average Bonchev–Trinajstić information content (AvgIpc) is 2.73. The van der Waals surface area contributed by atoms with Crippen molar-refractivity contribution in [2.24, 2.45) is 23.2 Å². The van der Waals surface area contributed by atoms with Crippen LogP contribution in [0, 0.1) is 23.2 Å². The van der Waals surface area contributed by atoms with Crippen molar-refractivity contribution in [3.05, 3.63) is 35.4 Å². The molecule has 2 unspecified atom stereocenters. The molecule has 0 aliphatic heterocycles. The zero-order valence-corrected chi connectivity index (χ0v) is 20.6. The van der Waals surface area contributed by atoms with E-state index in [-0.39, 0.29) is 11.3 Å². The fourth-order valence-electron chi connectivity index (χ4n) is 5.60. The molecule has 0 bridgehead atoms. The number of aryl methyl sites for hydroxylation is 2. The molecular formula is C28H46O3. The summed E-state index contributed by atoms with van der Waals surface area (Å²) in [6.07, 6.45) is 10.6. The molecule has 3 nitrogen and oxygen atoms in total. The number of hydrogen-bond acceptors (Lipinski definition) is 2. The number of carboxylic acid groups (broad SMARTS) is 1. The number of carbonyl (C=O) groups is 1. The lowest BCUT2D eigenvalue weighted by molar-refractivity contribution is -0.146. The van der Waals surface area contributed by atoms with E-state index in [0.29, 0.717) is 19.3 Å². The topological polar surface area (TPSA) is 57.5 Å². The van der Waals surface area contributed by atoms with Gasteiger partial charge in [-0.05, 0) is 73.3 Å². The molecule has 176 valence electrons. The molecule has 0 saturated heterocycles. The molecule has 2 N–H and O–H groups in total. The van der Waals surface area contributed by atoms with Gasteiger partial charge in [0.1, 0.15) is 0 Å². The molecule has 1 fully saturated rings. The largest absolute Gasteiger partial charge is 0.481 e. The molecule has 1 saturated carbocycles. The highest BCUT2D eigenvalue weighted by molar-refractivity contribution is 5.69. The summed E-state index contributed by atoms with van der Waals surface area (Å²) < 4.78 is 0. The van der Waals surface area contributed by atoms with Gasteiger partial charge >= 0.3 is 5.97 Å². The summed E-state index contributed by atoms with van der Waals surface area (Å²) in [7, 11) is 0. The van der Waals surface area contributed by atoms with Crippen LogP contribution < -0.4 is 0 Å². The maximum atomic E-state index is 12.0. The summed E-state index contributed by atoms with van der Waals surface area (Å²) in [4.78, 5) is 12.0. The fourth-order valence-corrected chi connectivity index (χ4v) is 5.60. The zero-order valence-electron chi connectivity index (χ0n) is 20.6. The third-order valence-corrected chi connectivity index (χ3v) is 7.95. The molecule has 0 spiro atoms. The van der Waals surface area contributed by atoms with Gasteiger partial charge in [-0.3, -0.25) is 4.79 Å². The first kappa shape index (κ1) is 25.9. The first-order valence-corrected chi connectivity index (χ1v) is 12.6. The van der Waals surface area contributed by atoms with E-state index in [1.807, 2.05) is 0 Å². The molecule has 0 amide bonds. The van der Waals surface area contributed by atoms with E-state index in [1.165, 1.54) is 36.8 Å². The van der Waals surface area contributed by atoms with Gasteiger partial charge in [0.05, 0.1) is 11.5 Å². The van der Waals surface area contributed by atoms with Crippen molar-refractivity contribution in [1.82, 2.24) is 0 Å². The summed E-state index contributed by atoms with van der Waals surface area (Å²) in [5, 5.41) is 21.7. The molecule has 1 aliphatic carbocycles. The number of hydrogen-bond donors (Lipinski definition) is 2. The minimum Gasteiger partial charge on any atom is -0.481 e. The van der Waals surface area contributed by atoms with E-state index in [9.17, 15) is 15.0 Å². The Labute approximate surface area is 190 Å². The van der Waals surface area contributed by atoms with E-state index in [2.05, 4.69) is 58.9 Å². The Morgan fingerprint density at radius 1 is 1.00 bits per heavy atom. The fraction of sp³-hybridized carbons (Fsp3) is 0.750. The lowest BCUT2D eigenvalue weighted by Gasteiger charge is -2.49. The molecule has 0 heterocycles. The Balaban J connectivity index is 2.01. The number of aliphatic carboxylic acids is 1. The molecule has 2 atom stereocenters. The molecule has 0 radical (unpaired) electrons. The van der Waals surface area contributed by atoms with Crippen LogP contribution in [0.15, 0.2) is 24.3 Å². The summed E-state index contributed by atoms with van der Waals surface area (Å²) in [6, 6.07) is 8.52. The molecule has 2 rings (SSSR count). The molecule has 3 heteroatoms. The summed E-state index contributed by atoms with van der Waals surface area (Å²) in [5.41, 5.74) is 1.45. The van der Waals surface area contributed by atoms with Gasteiger partial charge in [-0.1, -0.05) is 84.6 Å². The number of benzene rings is 1. The van der Waals surface area contributed by atoms with Crippen LogP contribution in [-0.2, 0) is 17.6 Å². The standard InChI is InChI=1S/C28H46O3/c1-6-8-22-14-17-25(18-15-22)28(31,27(3,4)5)20-19-24(26(29)30)16-13-23-11-9-21(7-2)10-12-23/h9-12,22,24-25,31H,6-8,13-20H2,1-5H3,(H,29,30). The predicted octanol–water partition coefficient (Wildman–Crippen LogP) is 7.05. The first-order valence-electron chi connectivity index (χ1n) is 12.6. The van der Waals surface area contributed by atoms with Crippen LogP contribution in [0.3, 0.4) is 0 Å². The van der Waals surface area contributed by atoms with Gasteiger partial charge < -0.3 is 10.2 Å². The summed E-state index contributed by atoms with van der Waals surface area (Å²) in [5.74, 6) is -0.0581. The van der Waals surface area contributed by atoms with Crippen molar-refractivity contribution >= 4 is 5.97 Å². The monoisotopic (exact) mass is 430 g/mol. The van der Waals surface area contributed by atoms with E-state index in [1.54, 1.807) is 0 Å². The van der Waals surface area contributed by atoms with Crippen LogP contribution in [0.2, 0.25) is 0 Å². The van der Waals surface area contributed by atoms with Crippen LogP contribution in [-0.4, -0.2) is 21.8 Å². The molecule has 0 aromatic heterocycles. The summed E-state index contributed by atoms with van der Waals surface area (Å²) >= 11 is 0. The normalized spacial score (nSPS) is 22.6.